The summed E-state index contributed by atoms with van der Waals surface area (Å²) in [7, 11) is 0. The van der Waals surface area contributed by atoms with Gasteiger partial charge in [0, 0.05) is 11.8 Å². The SMILES string of the molecule is N=C(N)c1ccc(-n2cc(C(F)(F)F)cn2)c(F)c1Br. The Bertz CT molecular complexity index is 678. The van der Waals surface area contributed by atoms with Crippen molar-refractivity contribution < 1.29 is 17.6 Å². The first-order valence-corrected chi connectivity index (χ1v) is 5.95. The van der Waals surface area contributed by atoms with E-state index in [4.69, 9.17) is 11.1 Å². The molecule has 1 aromatic carbocycles. The van der Waals surface area contributed by atoms with E-state index in [0.717, 1.165) is 4.68 Å². The second-order valence-electron chi connectivity index (χ2n) is 3.85. The lowest BCUT2D eigenvalue weighted by Gasteiger charge is -2.08. The van der Waals surface area contributed by atoms with E-state index >= 15 is 0 Å². The summed E-state index contributed by atoms with van der Waals surface area (Å²) in [4.78, 5) is 0. The van der Waals surface area contributed by atoms with Crippen molar-refractivity contribution in [2.45, 2.75) is 6.18 Å². The van der Waals surface area contributed by atoms with E-state index in [1.165, 1.54) is 12.1 Å². The van der Waals surface area contributed by atoms with Crippen molar-refractivity contribution >= 4 is 21.8 Å². The van der Waals surface area contributed by atoms with E-state index in [1.54, 1.807) is 0 Å². The summed E-state index contributed by atoms with van der Waals surface area (Å²) in [5, 5.41) is 10.7. The quantitative estimate of drug-likeness (QED) is 0.496. The molecule has 1 heterocycles. The molecule has 9 heteroatoms. The van der Waals surface area contributed by atoms with Crippen LogP contribution in [0.2, 0.25) is 0 Å². The van der Waals surface area contributed by atoms with Gasteiger partial charge in [0.15, 0.2) is 5.82 Å². The lowest BCUT2D eigenvalue weighted by atomic mass is 10.2. The number of benzene rings is 1. The van der Waals surface area contributed by atoms with E-state index in [1.807, 2.05) is 0 Å². The highest BCUT2D eigenvalue weighted by molar-refractivity contribution is 9.10. The number of nitrogens with two attached hydrogens (primary N) is 1. The number of nitrogen functional groups attached to an aromatic ring is 1. The Morgan fingerprint density at radius 1 is 1.35 bits per heavy atom. The summed E-state index contributed by atoms with van der Waals surface area (Å²) in [6.45, 7) is 0. The molecule has 2 rings (SSSR count). The first-order valence-electron chi connectivity index (χ1n) is 5.16. The number of hydrogen-bond donors (Lipinski definition) is 2. The topological polar surface area (TPSA) is 67.7 Å². The van der Waals surface area contributed by atoms with Crippen LogP contribution in [0.4, 0.5) is 17.6 Å². The van der Waals surface area contributed by atoms with Crippen LogP contribution in [0.15, 0.2) is 29.0 Å². The zero-order chi connectivity index (χ0) is 15.1. The number of nitrogens with one attached hydrogen (secondary N) is 1. The van der Waals surface area contributed by atoms with Crippen LogP contribution in [0, 0.1) is 11.2 Å². The molecule has 0 radical (unpaired) electrons. The van der Waals surface area contributed by atoms with Gasteiger partial charge < -0.3 is 5.73 Å². The van der Waals surface area contributed by atoms with Crippen molar-refractivity contribution in [1.82, 2.24) is 9.78 Å². The Labute approximate surface area is 118 Å². The van der Waals surface area contributed by atoms with Gasteiger partial charge in [-0.15, -0.1) is 0 Å². The minimum atomic E-state index is -4.55. The predicted octanol–water partition coefficient (Wildman–Crippen LogP) is 3.08. The molecule has 0 amide bonds. The van der Waals surface area contributed by atoms with Crippen LogP contribution < -0.4 is 5.73 Å². The molecule has 1 aromatic heterocycles. The standard InChI is InChI=1S/C11H7BrF4N4/c12-8-6(10(17)18)1-2-7(9(8)13)20-4-5(3-19-20)11(14,15)16/h1-4H,(H3,17,18). The number of alkyl halides is 3. The Kier molecular flexibility index (Phi) is 3.55. The van der Waals surface area contributed by atoms with Gasteiger partial charge in [-0.05, 0) is 28.1 Å². The summed E-state index contributed by atoms with van der Waals surface area (Å²) < 4.78 is 52.1. The van der Waals surface area contributed by atoms with Crippen LogP contribution >= 0.6 is 15.9 Å². The Balaban J connectivity index is 2.52. The Hall–Kier alpha value is -1.90. The van der Waals surface area contributed by atoms with Gasteiger partial charge in [-0.25, -0.2) is 9.07 Å². The average molecular weight is 351 g/mol. The maximum absolute atomic E-state index is 14.1. The highest BCUT2D eigenvalue weighted by Crippen LogP contribution is 2.30. The fourth-order valence-electron chi connectivity index (χ4n) is 1.53. The highest BCUT2D eigenvalue weighted by Gasteiger charge is 2.32. The maximum atomic E-state index is 14.1. The van der Waals surface area contributed by atoms with Gasteiger partial charge in [0.25, 0.3) is 0 Å². The number of hydrogen-bond acceptors (Lipinski definition) is 2. The van der Waals surface area contributed by atoms with E-state index in [9.17, 15) is 17.6 Å². The second kappa shape index (κ2) is 4.89. The van der Waals surface area contributed by atoms with Crippen LogP contribution in [0.1, 0.15) is 11.1 Å². The van der Waals surface area contributed by atoms with Crippen LogP contribution in [-0.2, 0) is 6.18 Å². The van der Waals surface area contributed by atoms with Crippen LogP contribution in [0.5, 0.6) is 0 Å². The van der Waals surface area contributed by atoms with E-state index in [-0.39, 0.29) is 21.6 Å². The number of rotatable bonds is 2. The Morgan fingerprint density at radius 2 is 2.00 bits per heavy atom. The van der Waals surface area contributed by atoms with Crippen molar-refractivity contribution in [3.8, 4) is 5.69 Å². The van der Waals surface area contributed by atoms with Gasteiger partial charge in [0.05, 0.1) is 16.2 Å². The predicted molar refractivity (Wildman–Crippen MR) is 67.2 cm³/mol. The van der Waals surface area contributed by atoms with Gasteiger partial charge in [-0.3, -0.25) is 5.41 Å². The molecule has 0 fully saturated rings. The van der Waals surface area contributed by atoms with Gasteiger partial charge in [-0.1, -0.05) is 0 Å². The van der Waals surface area contributed by atoms with Crippen molar-refractivity contribution in [3.63, 3.8) is 0 Å². The van der Waals surface area contributed by atoms with Gasteiger partial charge in [0.1, 0.15) is 11.5 Å². The minimum absolute atomic E-state index is 0.105. The zero-order valence-electron chi connectivity index (χ0n) is 9.67. The summed E-state index contributed by atoms with van der Waals surface area (Å²) in [6.07, 6.45) is -3.27. The molecule has 0 bridgehead atoms. The molecule has 0 aliphatic rings. The van der Waals surface area contributed by atoms with Gasteiger partial charge in [0.2, 0.25) is 0 Å². The number of aromatic nitrogens is 2. The number of amidine groups is 1. The Morgan fingerprint density at radius 3 is 2.50 bits per heavy atom. The van der Waals surface area contributed by atoms with E-state index < -0.39 is 17.6 Å². The molecule has 0 aliphatic carbocycles. The highest BCUT2D eigenvalue weighted by atomic mass is 79.9. The molecular weight excluding hydrogens is 344 g/mol. The maximum Gasteiger partial charge on any atom is 0.419 e. The summed E-state index contributed by atoms with van der Waals surface area (Å²) in [5.74, 6) is -1.21. The smallest absolute Gasteiger partial charge is 0.384 e. The van der Waals surface area contributed by atoms with Crippen LogP contribution in [0.3, 0.4) is 0 Å². The largest absolute Gasteiger partial charge is 0.419 e. The number of nitrogens with zero attached hydrogens (tertiary/aromatic N) is 2. The van der Waals surface area contributed by atoms with Gasteiger partial charge >= 0.3 is 6.18 Å². The molecule has 0 spiro atoms. The third kappa shape index (κ3) is 2.53. The van der Waals surface area contributed by atoms with E-state index in [2.05, 4.69) is 21.0 Å². The monoisotopic (exact) mass is 350 g/mol. The molecule has 2 aromatic rings. The fourth-order valence-corrected chi connectivity index (χ4v) is 2.07. The van der Waals surface area contributed by atoms with Gasteiger partial charge in [-0.2, -0.15) is 18.3 Å². The minimum Gasteiger partial charge on any atom is -0.384 e. The summed E-state index contributed by atoms with van der Waals surface area (Å²) in [5.41, 5.74) is 4.19. The molecule has 0 atom stereocenters. The molecule has 4 nitrogen and oxygen atoms in total. The van der Waals surface area contributed by atoms with Crippen molar-refractivity contribution in [3.05, 3.63) is 45.9 Å². The first kappa shape index (κ1) is 14.5. The first-order chi connectivity index (χ1) is 9.21. The van der Waals surface area contributed by atoms with Crippen LogP contribution in [-0.4, -0.2) is 15.6 Å². The molecule has 3 N–H and O–H groups in total. The molecule has 0 saturated carbocycles. The molecule has 0 unspecified atom stereocenters. The molecule has 0 saturated heterocycles. The second-order valence-corrected chi connectivity index (χ2v) is 4.64. The van der Waals surface area contributed by atoms with Crippen molar-refractivity contribution in [1.29, 1.82) is 5.41 Å². The third-order valence-electron chi connectivity index (χ3n) is 2.51. The molecule has 0 aliphatic heterocycles. The average Bonchev–Trinajstić information content (AvgIpc) is 2.81. The third-order valence-corrected chi connectivity index (χ3v) is 3.28. The lowest BCUT2D eigenvalue weighted by molar-refractivity contribution is -0.137. The molecule has 106 valence electrons. The molecular formula is C11H7BrF4N4. The van der Waals surface area contributed by atoms with Crippen molar-refractivity contribution in [2.75, 3.05) is 0 Å². The molecule has 20 heavy (non-hydrogen) atoms. The van der Waals surface area contributed by atoms with Crippen molar-refractivity contribution in [2.24, 2.45) is 5.73 Å². The summed E-state index contributed by atoms with van der Waals surface area (Å²) >= 11 is 2.92. The fraction of sp³-hybridized carbons (Fsp3) is 0.0909. The van der Waals surface area contributed by atoms with Crippen LogP contribution in [0.25, 0.3) is 5.69 Å². The zero-order valence-corrected chi connectivity index (χ0v) is 11.3. The lowest BCUT2D eigenvalue weighted by Crippen LogP contribution is -2.13. The number of halogens is 5. The summed E-state index contributed by atoms with van der Waals surface area (Å²) in [6, 6.07) is 2.52. The normalized spacial score (nSPS) is 11.7. The van der Waals surface area contributed by atoms with E-state index in [0.29, 0.717) is 12.4 Å².